The third-order valence-electron chi connectivity index (χ3n) is 2.70. The highest BCUT2D eigenvalue weighted by Gasteiger charge is 2.11. The Morgan fingerprint density at radius 1 is 1.10 bits per heavy atom. The molecular formula is C12H18N8. The number of nitrogens with one attached hydrogen (secondary N) is 2. The first kappa shape index (κ1) is 13.9. The van der Waals surface area contributed by atoms with Gasteiger partial charge in [-0.3, -0.25) is 10.4 Å². The Labute approximate surface area is 117 Å². The number of aromatic nitrogens is 4. The summed E-state index contributed by atoms with van der Waals surface area (Å²) in [6, 6.07) is 3.92. The Morgan fingerprint density at radius 2 is 1.75 bits per heavy atom. The summed E-state index contributed by atoms with van der Waals surface area (Å²) in [6.07, 6.45) is 3.50. The smallest absolute Gasteiger partial charge is 0.243 e. The van der Waals surface area contributed by atoms with Crippen LogP contribution in [-0.2, 0) is 0 Å². The number of hydrogen-bond donors (Lipinski definition) is 3. The highest BCUT2D eigenvalue weighted by molar-refractivity contribution is 5.43. The Balaban J connectivity index is 2.22. The van der Waals surface area contributed by atoms with E-state index in [2.05, 4.69) is 30.7 Å². The fraction of sp³-hybridized carbons (Fsp3) is 0.333. The fourth-order valence-electron chi connectivity index (χ4n) is 1.62. The van der Waals surface area contributed by atoms with Crippen LogP contribution in [0.3, 0.4) is 0 Å². The molecule has 8 heteroatoms. The minimum atomic E-state index is 0.0426. The van der Waals surface area contributed by atoms with Gasteiger partial charge in [0.1, 0.15) is 0 Å². The molecule has 0 amide bonds. The lowest BCUT2D eigenvalue weighted by Gasteiger charge is -2.16. The highest BCUT2D eigenvalue weighted by atomic mass is 15.4. The summed E-state index contributed by atoms with van der Waals surface area (Å²) < 4.78 is 0. The van der Waals surface area contributed by atoms with E-state index in [1.165, 1.54) is 0 Å². The van der Waals surface area contributed by atoms with Gasteiger partial charge in [0.15, 0.2) is 0 Å². The van der Waals surface area contributed by atoms with Gasteiger partial charge in [-0.15, -0.1) is 0 Å². The summed E-state index contributed by atoms with van der Waals surface area (Å²) >= 11 is 0. The second-order valence-corrected chi connectivity index (χ2v) is 4.47. The first-order chi connectivity index (χ1) is 9.60. The number of hydrazine groups is 1. The number of anilines is 3. The molecule has 20 heavy (non-hydrogen) atoms. The van der Waals surface area contributed by atoms with E-state index in [-0.39, 0.29) is 6.04 Å². The summed E-state index contributed by atoms with van der Waals surface area (Å²) in [5.74, 6) is 6.67. The van der Waals surface area contributed by atoms with Crippen LogP contribution in [0, 0.1) is 0 Å². The maximum atomic E-state index is 5.37. The zero-order valence-corrected chi connectivity index (χ0v) is 11.7. The average Bonchev–Trinajstić information content (AvgIpc) is 2.47. The SMILES string of the molecule is CC(Nc1nc(NN)nc(N(C)C)n1)c1ccncc1. The first-order valence-electron chi connectivity index (χ1n) is 6.16. The molecule has 0 saturated carbocycles. The van der Waals surface area contributed by atoms with Gasteiger partial charge >= 0.3 is 0 Å². The molecule has 0 spiro atoms. The molecule has 1 unspecified atom stereocenters. The van der Waals surface area contributed by atoms with Crippen molar-refractivity contribution in [2.75, 3.05) is 29.7 Å². The van der Waals surface area contributed by atoms with Crippen molar-refractivity contribution in [1.82, 2.24) is 19.9 Å². The first-order valence-corrected chi connectivity index (χ1v) is 6.16. The summed E-state index contributed by atoms with van der Waals surface area (Å²) in [6.45, 7) is 2.02. The third kappa shape index (κ3) is 3.29. The lowest BCUT2D eigenvalue weighted by Crippen LogP contribution is -2.19. The molecule has 0 saturated heterocycles. The summed E-state index contributed by atoms with van der Waals surface area (Å²) in [7, 11) is 3.71. The molecule has 2 aromatic heterocycles. The zero-order chi connectivity index (χ0) is 14.5. The monoisotopic (exact) mass is 274 g/mol. The van der Waals surface area contributed by atoms with Crippen LogP contribution < -0.4 is 21.5 Å². The van der Waals surface area contributed by atoms with Gasteiger partial charge < -0.3 is 10.2 Å². The van der Waals surface area contributed by atoms with Gasteiger partial charge in [-0.1, -0.05) is 0 Å². The molecule has 0 aliphatic rings. The van der Waals surface area contributed by atoms with Crippen molar-refractivity contribution < 1.29 is 0 Å². The molecule has 8 nitrogen and oxygen atoms in total. The van der Waals surface area contributed by atoms with E-state index in [9.17, 15) is 0 Å². The molecule has 2 rings (SSSR count). The topological polar surface area (TPSA) is 105 Å². The van der Waals surface area contributed by atoms with E-state index in [1.54, 1.807) is 17.3 Å². The normalized spacial score (nSPS) is 11.8. The Hall–Kier alpha value is -2.48. The van der Waals surface area contributed by atoms with Crippen molar-refractivity contribution >= 4 is 17.8 Å². The maximum absolute atomic E-state index is 5.37. The molecule has 4 N–H and O–H groups in total. The largest absolute Gasteiger partial charge is 0.348 e. The standard InChI is InChI=1S/C12H18N8/c1-8(9-4-6-14-7-5-9)15-10-16-11(19-13)18-12(17-10)20(2)3/h4-8H,13H2,1-3H3,(H2,15,16,17,18,19). The van der Waals surface area contributed by atoms with Crippen molar-refractivity contribution in [1.29, 1.82) is 0 Å². The minimum Gasteiger partial charge on any atom is -0.348 e. The number of nitrogens with zero attached hydrogens (tertiary/aromatic N) is 5. The van der Waals surface area contributed by atoms with Crippen molar-refractivity contribution in [3.63, 3.8) is 0 Å². The summed E-state index contributed by atoms with van der Waals surface area (Å²) in [5.41, 5.74) is 3.53. The Kier molecular flexibility index (Phi) is 4.26. The van der Waals surface area contributed by atoms with E-state index < -0.39 is 0 Å². The van der Waals surface area contributed by atoms with Crippen LogP contribution in [0.4, 0.5) is 17.8 Å². The second kappa shape index (κ2) is 6.11. The number of hydrogen-bond acceptors (Lipinski definition) is 8. The van der Waals surface area contributed by atoms with Crippen molar-refractivity contribution in [3.05, 3.63) is 30.1 Å². The molecule has 0 aliphatic carbocycles. The van der Waals surface area contributed by atoms with Gasteiger partial charge in [0.05, 0.1) is 6.04 Å². The van der Waals surface area contributed by atoms with Crippen molar-refractivity contribution in [2.24, 2.45) is 5.84 Å². The van der Waals surface area contributed by atoms with Gasteiger partial charge in [-0.25, -0.2) is 5.84 Å². The summed E-state index contributed by atoms with van der Waals surface area (Å²) in [4.78, 5) is 18.4. The molecule has 0 radical (unpaired) electrons. The van der Waals surface area contributed by atoms with E-state index in [0.29, 0.717) is 17.8 Å². The van der Waals surface area contributed by atoms with E-state index in [4.69, 9.17) is 5.84 Å². The molecule has 0 aliphatic heterocycles. The van der Waals surface area contributed by atoms with Crippen LogP contribution in [0.1, 0.15) is 18.5 Å². The molecular weight excluding hydrogens is 256 g/mol. The number of nitrogens with two attached hydrogens (primary N) is 1. The van der Waals surface area contributed by atoms with E-state index in [0.717, 1.165) is 5.56 Å². The van der Waals surface area contributed by atoms with Gasteiger partial charge in [0.25, 0.3) is 0 Å². The molecule has 0 fully saturated rings. The average molecular weight is 274 g/mol. The van der Waals surface area contributed by atoms with Gasteiger partial charge in [0, 0.05) is 26.5 Å². The molecule has 2 heterocycles. The molecule has 2 aromatic rings. The van der Waals surface area contributed by atoms with Gasteiger partial charge in [0.2, 0.25) is 17.8 Å². The minimum absolute atomic E-state index is 0.0426. The lowest BCUT2D eigenvalue weighted by molar-refractivity contribution is 0.845. The number of rotatable bonds is 5. The predicted octanol–water partition coefficient (Wildman–Crippen LogP) is 0.791. The number of nitrogen functional groups attached to an aromatic ring is 1. The molecule has 1 atom stereocenters. The summed E-state index contributed by atoms with van der Waals surface area (Å²) in [5, 5.41) is 3.22. The molecule has 106 valence electrons. The van der Waals surface area contributed by atoms with Gasteiger partial charge in [-0.2, -0.15) is 15.0 Å². The lowest BCUT2D eigenvalue weighted by atomic mass is 10.1. The molecule has 0 aromatic carbocycles. The fourth-order valence-corrected chi connectivity index (χ4v) is 1.62. The van der Waals surface area contributed by atoms with Crippen molar-refractivity contribution in [2.45, 2.75) is 13.0 Å². The van der Waals surface area contributed by atoms with E-state index >= 15 is 0 Å². The third-order valence-corrected chi connectivity index (χ3v) is 2.70. The Morgan fingerprint density at radius 3 is 2.35 bits per heavy atom. The van der Waals surface area contributed by atoms with Crippen LogP contribution in [-0.4, -0.2) is 34.0 Å². The van der Waals surface area contributed by atoms with Crippen LogP contribution >= 0.6 is 0 Å². The zero-order valence-electron chi connectivity index (χ0n) is 11.7. The van der Waals surface area contributed by atoms with Crippen LogP contribution in [0.25, 0.3) is 0 Å². The van der Waals surface area contributed by atoms with Crippen LogP contribution in [0.5, 0.6) is 0 Å². The molecule has 0 bridgehead atoms. The van der Waals surface area contributed by atoms with E-state index in [1.807, 2.05) is 33.2 Å². The number of pyridine rings is 1. The van der Waals surface area contributed by atoms with Gasteiger partial charge in [-0.05, 0) is 24.6 Å². The Bertz CT molecular complexity index is 557. The van der Waals surface area contributed by atoms with Crippen LogP contribution in [0.2, 0.25) is 0 Å². The maximum Gasteiger partial charge on any atom is 0.243 e. The van der Waals surface area contributed by atoms with Crippen molar-refractivity contribution in [3.8, 4) is 0 Å². The second-order valence-electron chi connectivity index (χ2n) is 4.47. The van der Waals surface area contributed by atoms with Crippen LogP contribution in [0.15, 0.2) is 24.5 Å². The predicted molar refractivity (Wildman–Crippen MR) is 78.2 cm³/mol. The quantitative estimate of drug-likeness (QED) is 0.543. The highest BCUT2D eigenvalue weighted by Crippen LogP contribution is 2.18.